The van der Waals surface area contributed by atoms with Gasteiger partial charge >= 0.3 is 6.18 Å². The van der Waals surface area contributed by atoms with Gasteiger partial charge in [0.05, 0.1) is 24.5 Å². The molecule has 3 nitrogen and oxygen atoms in total. The number of nitrogens with two attached hydrogens (primary N) is 1. The molecule has 0 atom stereocenters. The number of benzene rings is 2. The Labute approximate surface area is 138 Å². The summed E-state index contributed by atoms with van der Waals surface area (Å²) in [6.45, 7) is 1.27. The highest BCUT2D eigenvalue weighted by atomic mass is 19.4. The zero-order valence-electron chi connectivity index (χ0n) is 13.0. The van der Waals surface area contributed by atoms with Gasteiger partial charge in [-0.15, -0.1) is 0 Å². The molecule has 1 fully saturated rings. The summed E-state index contributed by atoms with van der Waals surface area (Å²) in [5, 5.41) is 0. The van der Waals surface area contributed by atoms with Crippen LogP contribution in [-0.4, -0.2) is 19.3 Å². The Kier molecular flexibility index (Phi) is 4.66. The van der Waals surface area contributed by atoms with Crippen molar-refractivity contribution in [1.29, 1.82) is 0 Å². The van der Waals surface area contributed by atoms with Gasteiger partial charge in [0.15, 0.2) is 0 Å². The molecular weight excluding hydrogens is 319 g/mol. The van der Waals surface area contributed by atoms with Crippen LogP contribution in [0.3, 0.4) is 0 Å². The lowest BCUT2D eigenvalue weighted by Gasteiger charge is -2.24. The maximum atomic E-state index is 12.9. The van der Waals surface area contributed by atoms with E-state index in [0.717, 1.165) is 25.0 Å². The van der Waals surface area contributed by atoms with Gasteiger partial charge in [-0.1, -0.05) is 18.2 Å². The lowest BCUT2D eigenvalue weighted by Crippen LogP contribution is -2.26. The first-order chi connectivity index (χ1) is 11.4. The van der Waals surface area contributed by atoms with E-state index in [2.05, 4.69) is 0 Å². The van der Waals surface area contributed by atoms with E-state index in [1.54, 1.807) is 24.3 Å². The quantitative estimate of drug-likeness (QED) is 0.838. The molecule has 0 unspecified atom stereocenters. The number of alkyl halides is 3. The molecule has 0 bridgehead atoms. The minimum absolute atomic E-state index is 0.0119. The number of anilines is 1. The fraction of sp³-hybridized carbons (Fsp3) is 0.333. The predicted molar refractivity (Wildman–Crippen MR) is 85.8 cm³/mol. The van der Waals surface area contributed by atoms with Crippen LogP contribution in [0.25, 0.3) is 11.1 Å². The standard InChI is InChI=1S/C18H18F3NO2/c19-18(20,21)14-3-1-2-12(10-14)13-4-5-16(22)17(11-13)24-15-6-8-23-9-7-15/h1-5,10-11,15H,6-9,22H2. The second-order valence-corrected chi connectivity index (χ2v) is 5.76. The minimum atomic E-state index is -4.37. The first kappa shape index (κ1) is 16.6. The highest BCUT2D eigenvalue weighted by Gasteiger charge is 2.30. The minimum Gasteiger partial charge on any atom is -0.488 e. The first-order valence-corrected chi connectivity index (χ1v) is 7.75. The molecule has 0 saturated carbocycles. The van der Waals surface area contributed by atoms with Gasteiger partial charge in [-0.2, -0.15) is 13.2 Å². The molecule has 0 aliphatic carbocycles. The predicted octanol–water partition coefficient (Wildman–Crippen LogP) is 4.51. The molecule has 2 aromatic rings. The normalized spacial score (nSPS) is 16.1. The van der Waals surface area contributed by atoms with Gasteiger partial charge in [0.2, 0.25) is 0 Å². The highest BCUT2D eigenvalue weighted by molar-refractivity contribution is 5.70. The van der Waals surface area contributed by atoms with E-state index in [-0.39, 0.29) is 6.10 Å². The van der Waals surface area contributed by atoms with E-state index in [0.29, 0.717) is 35.8 Å². The summed E-state index contributed by atoms with van der Waals surface area (Å²) in [5.74, 6) is 0.497. The summed E-state index contributed by atoms with van der Waals surface area (Å²) in [6.07, 6.45) is -2.82. The van der Waals surface area contributed by atoms with Gasteiger partial charge in [-0.25, -0.2) is 0 Å². The van der Waals surface area contributed by atoms with E-state index in [1.807, 2.05) is 0 Å². The van der Waals surface area contributed by atoms with Gasteiger partial charge < -0.3 is 15.2 Å². The SMILES string of the molecule is Nc1ccc(-c2cccc(C(F)(F)F)c2)cc1OC1CCOCC1. The van der Waals surface area contributed by atoms with Crippen molar-refractivity contribution in [2.45, 2.75) is 25.1 Å². The maximum absolute atomic E-state index is 12.9. The second kappa shape index (κ2) is 6.73. The van der Waals surface area contributed by atoms with Crippen LogP contribution in [0.15, 0.2) is 42.5 Å². The molecule has 0 amide bonds. The molecule has 0 radical (unpaired) electrons. The van der Waals surface area contributed by atoms with Crippen LogP contribution in [0.5, 0.6) is 5.75 Å². The number of halogens is 3. The molecule has 1 aliphatic heterocycles. The fourth-order valence-electron chi connectivity index (χ4n) is 2.66. The molecule has 0 spiro atoms. The fourth-order valence-corrected chi connectivity index (χ4v) is 2.66. The van der Waals surface area contributed by atoms with E-state index in [4.69, 9.17) is 15.2 Å². The van der Waals surface area contributed by atoms with Crippen LogP contribution in [0.2, 0.25) is 0 Å². The van der Waals surface area contributed by atoms with E-state index in [9.17, 15) is 13.2 Å². The maximum Gasteiger partial charge on any atom is 0.416 e. The Balaban J connectivity index is 1.88. The number of rotatable bonds is 3. The molecule has 0 aromatic heterocycles. The Bertz CT molecular complexity index is 710. The Morgan fingerprint density at radius 3 is 2.42 bits per heavy atom. The molecule has 2 aromatic carbocycles. The van der Waals surface area contributed by atoms with Crippen LogP contribution in [0, 0.1) is 0 Å². The highest BCUT2D eigenvalue weighted by Crippen LogP contribution is 2.35. The van der Waals surface area contributed by atoms with Crippen LogP contribution in [0.4, 0.5) is 18.9 Å². The van der Waals surface area contributed by atoms with Crippen molar-refractivity contribution in [3.8, 4) is 16.9 Å². The third-order valence-electron chi connectivity index (χ3n) is 4.00. The number of nitrogen functional groups attached to an aromatic ring is 1. The number of ether oxygens (including phenoxy) is 2. The van der Waals surface area contributed by atoms with Crippen molar-refractivity contribution >= 4 is 5.69 Å². The zero-order valence-corrected chi connectivity index (χ0v) is 13.0. The van der Waals surface area contributed by atoms with Crippen molar-refractivity contribution in [3.05, 3.63) is 48.0 Å². The molecule has 24 heavy (non-hydrogen) atoms. The summed E-state index contributed by atoms with van der Waals surface area (Å²) in [6, 6.07) is 10.3. The smallest absolute Gasteiger partial charge is 0.416 e. The topological polar surface area (TPSA) is 44.5 Å². The van der Waals surface area contributed by atoms with E-state index < -0.39 is 11.7 Å². The largest absolute Gasteiger partial charge is 0.488 e. The molecule has 1 aliphatic rings. The molecule has 1 heterocycles. The summed E-state index contributed by atoms with van der Waals surface area (Å²) in [4.78, 5) is 0. The molecule has 128 valence electrons. The summed E-state index contributed by atoms with van der Waals surface area (Å²) in [7, 11) is 0. The van der Waals surface area contributed by atoms with Crippen LogP contribution >= 0.6 is 0 Å². The monoisotopic (exact) mass is 337 g/mol. The van der Waals surface area contributed by atoms with Crippen molar-refractivity contribution in [2.75, 3.05) is 18.9 Å². The zero-order chi connectivity index (χ0) is 17.2. The summed E-state index contributed by atoms with van der Waals surface area (Å²) in [5.41, 5.74) is 6.85. The Morgan fingerprint density at radius 2 is 1.71 bits per heavy atom. The van der Waals surface area contributed by atoms with Crippen LogP contribution in [0.1, 0.15) is 18.4 Å². The molecular formula is C18H18F3NO2. The molecule has 1 saturated heterocycles. The van der Waals surface area contributed by atoms with E-state index >= 15 is 0 Å². The number of hydrogen-bond donors (Lipinski definition) is 1. The van der Waals surface area contributed by atoms with Gasteiger partial charge in [0.25, 0.3) is 0 Å². The van der Waals surface area contributed by atoms with Gasteiger partial charge in [0.1, 0.15) is 11.9 Å². The van der Waals surface area contributed by atoms with Gasteiger partial charge in [0, 0.05) is 12.8 Å². The average Bonchev–Trinajstić information content (AvgIpc) is 2.57. The van der Waals surface area contributed by atoms with Gasteiger partial charge in [-0.3, -0.25) is 0 Å². The summed E-state index contributed by atoms with van der Waals surface area (Å²) < 4.78 is 49.8. The van der Waals surface area contributed by atoms with Crippen molar-refractivity contribution in [2.24, 2.45) is 0 Å². The van der Waals surface area contributed by atoms with Gasteiger partial charge in [-0.05, 0) is 35.4 Å². The Morgan fingerprint density at radius 1 is 1.00 bits per heavy atom. The van der Waals surface area contributed by atoms with Crippen molar-refractivity contribution in [1.82, 2.24) is 0 Å². The van der Waals surface area contributed by atoms with Crippen LogP contribution < -0.4 is 10.5 Å². The Hall–Kier alpha value is -2.21. The first-order valence-electron chi connectivity index (χ1n) is 7.75. The van der Waals surface area contributed by atoms with Crippen molar-refractivity contribution in [3.63, 3.8) is 0 Å². The van der Waals surface area contributed by atoms with Crippen LogP contribution in [-0.2, 0) is 10.9 Å². The third kappa shape index (κ3) is 3.82. The average molecular weight is 337 g/mol. The summed E-state index contributed by atoms with van der Waals surface area (Å²) >= 11 is 0. The third-order valence-corrected chi connectivity index (χ3v) is 4.00. The lowest BCUT2D eigenvalue weighted by molar-refractivity contribution is -0.137. The molecule has 2 N–H and O–H groups in total. The number of hydrogen-bond acceptors (Lipinski definition) is 3. The molecule has 6 heteroatoms. The lowest BCUT2D eigenvalue weighted by atomic mass is 10.0. The van der Waals surface area contributed by atoms with E-state index in [1.165, 1.54) is 6.07 Å². The molecule has 3 rings (SSSR count). The second-order valence-electron chi connectivity index (χ2n) is 5.76. The van der Waals surface area contributed by atoms with Crippen molar-refractivity contribution < 1.29 is 22.6 Å².